The van der Waals surface area contributed by atoms with Gasteiger partial charge in [0.25, 0.3) is 10.0 Å². The quantitative estimate of drug-likeness (QED) is 0.946. The lowest BCUT2D eigenvalue weighted by Crippen LogP contribution is -2.41. The van der Waals surface area contributed by atoms with E-state index < -0.39 is 10.0 Å². The zero-order valence-corrected chi connectivity index (χ0v) is 12.5. The predicted molar refractivity (Wildman–Crippen MR) is 86.8 cm³/mol. The van der Waals surface area contributed by atoms with Gasteiger partial charge in [0.15, 0.2) is 0 Å². The van der Waals surface area contributed by atoms with Gasteiger partial charge in [0.1, 0.15) is 6.54 Å². The van der Waals surface area contributed by atoms with Crippen molar-refractivity contribution in [2.24, 2.45) is 0 Å². The molecule has 1 aliphatic rings. The predicted octanol–water partition coefficient (Wildman–Crippen LogP) is 2.45. The first-order valence-corrected chi connectivity index (χ1v) is 8.21. The number of nitrogens with one attached hydrogen (secondary N) is 1. The second-order valence-corrected chi connectivity index (χ2v) is 6.57. The van der Waals surface area contributed by atoms with Crippen LogP contribution in [0.3, 0.4) is 0 Å². The SMILES string of the molecule is O=C1CN(S(=O)(=O)/C=C/c2ccccc2)c2ccccc2N1. The first kappa shape index (κ1) is 14.3. The zero-order valence-electron chi connectivity index (χ0n) is 11.6. The molecule has 0 spiro atoms. The molecule has 112 valence electrons. The number of benzene rings is 2. The first-order valence-electron chi connectivity index (χ1n) is 6.71. The van der Waals surface area contributed by atoms with Crippen LogP contribution >= 0.6 is 0 Å². The first-order chi connectivity index (χ1) is 10.6. The van der Waals surface area contributed by atoms with Crippen molar-refractivity contribution in [2.45, 2.75) is 0 Å². The van der Waals surface area contributed by atoms with Gasteiger partial charge in [0, 0.05) is 0 Å². The van der Waals surface area contributed by atoms with Crippen LogP contribution in [-0.2, 0) is 14.8 Å². The summed E-state index contributed by atoms with van der Waals surface area (Å²) in [5.74, 6) is -0.351. The molecule has 0 saturated carbocycles. The molecule has 0 fully saturated rings. The van der Waals surface area contributed by atoms with Crippen molar-refractivity contribution in [3.05, 3.63) is 65.6 Å². The third-order valence-electron chi connectivity index (χ3n) is 3.27. The van der Waals surface area contributed by atoms with Crippen LogP contribution in [0.2, 0.25) is 0 Å². The third-order valence-corrected chi connectivity index (χ3v) is 4.69. The minimum atomic E-state index is -3.74. The average Bonchev–Trinajstić information content (AvgIpc) is 2.53. The molecule has 1 amide bonds. The molecular formula is C16H14N2O3S. The number of para-hydroxylation sites is 2. The van der Waals surface area contributed by atoms with Crippen molar-refractivity contribution in [3.8, 4) is 0 Å². The lowest BCUT2D eigenvalue weighted by molar-refractivity contribution is -0.115. The van der Waals surface area contributed by atoms with E-state index in [0.29, 0.717) is 11.4 Å². The molecule has 0 aromatic heterocycles. The van der Waals surface area contributed by atoms with Gasteiger partial charge in [-0.05, 0) is 23.8 Å². The van der Waals surface area contributed by atoms with Gasteiger partial charge in [-0.1, -0.05) is 42.5 Å². The Hall–Kier alpha value is -2.60. The Morgan fingerprint density at radius 1 is 1.00 bits per heavy atom. The Morgan fingerprint density at radius 2 is 1.68 bits per heavy atom. The number of sulfonamides is 1. The topological polar surface area (TPSA) is 66.5 Å². The number of rotatable bonds is 3. The van der Waals surface area contributed by atoms with Crippen LogP contribution < -0.4 is 9.62 Å². The molecule has 1 aliphatic heterocycles. The van der Waals surface area contributed by atoms with E-state index in [1.54, 1.807) is 24.3 Å². The zero-order chi connectivity index (χ0) is 15.6. The maximum atomic E-state index is 12.5. The van der Waals surface area contributed by atoms with Crippen LogP contribution in [0.5, 0.6) is 0 Å². The number of carbonyl (C=O) groups excluding carboxylic acids is 1. The van der Waals surface area contributed by atoms with Gasteiger partial charge < -0.3 is 5.32 Å². The number of carbonyl (C=O) groups is 1. The van der Waals surface area contributed by atoms with Crippen LogP contribution in [0.15, 0.2) is 60.0 Å². The molecule has 1 N–H and O–H groups in total. The highest BCUT2D eigenvalue weighted by molar-refractivity contribution is 7.95. The number of anilines is 2. The number of nitrogens with zero attached hydrogens (tertiary/aromatic N) is 1. The fourth-order valence-electron chi connectivity index (χ4n) is 2.23. The molecule has 5 nitrogen and oxygen atoms in total. The summed E-state index contributed by atoms with van der Waals surface area (Å²) in [6.07, 6.45) is 1.52. The number of hydrogen-bond donors (Lipinski definition) is 1. The summed E-state index contributed by atoms with van der Waals surface area (Å²) in [7, 11) is -3.74. The Bertz CT molecular complexity index is 829. The summed E-state index contributed by atoms with van der Waals surface area (Å²) in [4.78, 5) is 11.7. The fourth-order valence-corrected chi connectivity index (χ4v) is 3.44. The fraction of sp³-hybridized carbons (Fsp3) is 0.0625. The van der Waals surface area contributed by atoms with E-state index in [-0.39, 0.29) is 12.5 Å². The van der Waals surface area contributed by atoms with Crippen LogP contribution in [0.1, 0.15) is 5.56 Å². The summed E-state index contributed by atoms with van der Waals surface area (Å²) < 4.78 is 26.2. The highest BCUT2D eigenvalue weighted by Gasteiger charge is 2.29. The molecule has 0 atom stereocenters. The van der Waals surface area contributed by atoms with E-state index >= 15 is 0 Å². The van der Waals surface area contributed by atoms with Crippen molar-refractivity contribution in [2.75, 3.05) is 16.2 Å². The van der Waals surface area contributed by atoms with Crippen LogP contribution in [-0.4, -0.2) is 20.9 Å². The minimum absolute atomic E-state index is 0.224. The standard InChI is InChI=1S/C16H14N2O3S/c19-16-12-18(15-9-5-4-8-14(15)17-16)22(20,21)11-10-13-6-2-1-3-7-13/h1-11H,12H2,(H,17,19)/b11-10+. The summed E-state index contributed by atoms with van der Waals surface area (Å²) in [5.41, 5.74) is 1.75. The smallest absolute Gasteiger partial charge is 0.258 e. The van der Waals surface area contributed by atoms with Gasteiger partial charge in [-0.25, -0.2) is 8.42 Å². The lowest BCUT2D eigenvalue weighted by Gasteiger charge is -2.28. The summed E-state index contributed by atoms with van der Waals surface area (Å²) in [6, 6.07) is 16.0. The molecule has 3 rings (SSSR count). The van der Waals surface area contributed by atoms with Gasteiger partial charge in [-0.15, -0.1) is 0 Å². The highest BCUT2D eigenvalue weighted by atomic mass is 32.2. The van der Waals surface area contributed by atoms with Gasteiger partial charge in [-0.3, -0.25) is 9.10 Å². The maximum Gasteiger partial charge on any atom is 0.258 e. The molecule has 2 aromatic rings. The van der Waals surface area contributed by atoms with Crippen molar-refractivity contribution in [1.82, 2.24) is 0 Å². The summed E-state index contributed by atoms with van der Waals surface area (Å²) >= 11 is 0. The Balaban J connectivity index is 1.96. The number of amides is 1. The van der Waals surface area contributed by atoms with E-state index in [1.165, 1.54) is 6.08 Å². The van der Waals surface area contributed by atoms with E-state index in [4.69, 9.17) is 0 Å². The number of fused-ring (bicyclic) bond motifs is 1. The van der Waals surface area contributed by atoms with Gasteiger partial charge >= 0.3 is 0 Å². The highest BCUT2D eigenvalue weighted by Crippen LogP contribution is 2.31. The van der Waals surface area contributed by atoms with Crippen molar-refractivity contribution < 1.29 is 13.2 Å². The van der Waals surface area contributed by atoms with Crippen molar-refractivity contribution in [1.29, 1.82) is 0 Å². The minimum Gasteiger partial charge on any atom is -0.323 e. The second kappa shape index (κ2) is 5.65. The number of hydrogen-bond acceptors (Lipinski definition) is 3. The maximum absolute atomic E-state index is 12.5. The van der Waals surface area contributed by atoms with Gasteiger partial charge in [0.05, 0.1) is 16.8 Å². The Morgan fingerprint density at radius 3 is 2.45 bits per heavy atom. The van der Waals surface area contributed by atoms with Crippen LogP contribution in [0, 0.1) is 0 Å². The molecular weight excluding hydrogens is 300 g/mol. The molecule has 0 bridgehead atoms. The van der Waals surface area contributed by atoms with Crippen LogP contribution in [0.25, 0.3) is 6.08 Å². The molecule has 0 saturated heterocycles. The molecule has 0 radical (unpaired) electrons. The molecule has 0 unspecified atom stereocenters. The van der Waals surface area contributed by atoms with Crippen molar-refractivity contribution in [3.63, 3.8) is 0 Å². The summed E-state index contributed by atoms with van der Waals surface area (Å²) in [6.45, 7) is -0.224. The van der Waals surface area contributed by atoms with E-state index in [9.17, 15) is 13.2 Å². The average molecular weight is 314 g/mol. The monoisotopic (exact) mass is 314 g/mol. The molecule has 2 aromatic carbocycles. The molecule has 22 heavy (non-hydrogen) atoms. The Kier molecular flexibility index (Phi) is 3.68. The van der Waals surface area contributed by atoms with E-state index in [2.05, 4.69) is 5.32 Å². The molecule has 1 heterocycles. The van der Waals surface area contributed by atoms with Crippen molar-refractivity contribution >= 4 is 33.4 Å². The lowest BCUT2D eigenvalue weighted by atomic mass is 10.2. The molecule has 0 aliphatic carbocycles. The van der Waals surface area contributed by atoms with Gasteiger partial charge in [-0.2, -0.15) is 0 Å². The van der Waals surface area contributed by atoms with Gasteiger partial charge in [0.2, 0.25) is 5.91 Å². The third kappa shape index (κ3) is 2.87. The van der Waals surface area contributed by atoms with E-state index in [1.807, 2.05) is 30.3 Å². The normalized spacial score (nSPS) is 14.7. The van der Waals surface area contributed by atoms with E-state index in [0.717, 1.165) is 15.3 Å². The molecule has 6 heteroatoms. The van der Waals surface area contributed by atoms with Crippen LogP contribution in [0.4, 0.5) is 11.4 Å². The Labute approximate surface area is 128 Å². The second-order valence-electron chi connectivity index (χ2n) is 4.83. The summed E-state index contributed by atoms with van der Waals surface area (Å²) in [5, 5.41) is 3.79. The largest absolute Gasteiger partial charge is 0.323 e.